The van der Waals surface area contributed by atoms with E-state index in [0.717, 1.165) is 29.7 Å². The topological polar surface area (TPSA) is 55.2 Å². The predicted octanol–water partition coefficient (Wildman–Crippen LogP) is 7.05. The van der Waals surface area contributed by atoms with E-state index in [-0.39, 0.29) is 11.5 Å². The van der Waals surface area contributed by atoms with E-state index in [4.69, 9.17) is 16.6 Å². The van der Waals surface area contributed by atoms with Gasteiger partial charge in [0.05, 0.1) is 33.2 Å². The third-order valence-electron chi connectivity index (χ3n) is 6.73. The van der Waals surface area contributed by atoms with Crippen LogP contribution in [0.2, 0.25) is 5.02 Å². The molecule has 5 nitrogen and oxygen atoms in total. The molecule has 4 aromatic rings. The highest BCUT2D eigenvalue weighted by Gasteiger charge is 2.30. The normalized spacial score (nSPS) is 12.0. The second-order valence-electron chi connectivity index (χ2n) is 9.15. The molecule has 0 N–H and O–H groups in total. The molecule has 1 aromatic heterocycles. The first-order valence-electron chi connectivity index (χ1n) is 12.5. The average molecular weight is 502 g/mol. The first-order chi connectivity index (χ1) is 17.4. The number of benzene rings is 3. The van der Waals surface area contributed by atoms with E-state index in [1.807, 2.05) is 74.2 Å². The minimum Gasteiger partial charge on any atom is -0.328 e. The molecular weight excluding hydrogens is 470 g/mol. The van der Waals surface area contributed by atoms with Crippen molar-refractivity contribution in [2.45, 2.75) is 53.0 Å². The van der Waals surface area contributed by atoms with Crippen molar-refractivity contribution in [3.63, 3.8) is 0 Å². The SMILES string of the molecule is CCCCN(C(=O)c1ccccc1Cl)C(CC)c1nc2ccccc2c(=O)n1-c1ccc(C)c(C)c1. The minimum absolute atomic E-state index is 0.141. The summed E-state index contributed by atoms with van der Waals surface area (Å²) in [5, 5.41) is 0.962. The molecule has 4 rings (SSSR count). The molecule has 0 spiro atoms. The maximum absolute atomic E-state index is 13.9. The Hall–Kier alpha value is -3.44. The Morgan fingerprint density at radius 3 is 2.42 bits per heavy atom. The lowest BCUT2D eigenvalue weighted by Crippen LogP contribution is -2.39. The van der Waals surface area contributed by atoms with Gasteiger partial charge in [0, 0.05) is 6.54 Å². The average Bonchev–Trinajstić information content (AvgIpc) is 2.88. The number of halogens is 1. The van der Waals surface area contributed by atoms with Gasteiger partial charge in [-0.2, -0.15) is 0 Å². The first kappa shape index (κ1) is 25.6. The number of fused-ring (bicyclic) bond motifs is 1. The lowest BCUT2D eigenvalue weighted by atomic mass is 10.1. The lowest BCUT2D eigenvalue weighted by Gasteiger charge is -2.33. The van der Waals surface area contributed by atoms with Crippen molar-refractivity contribution >= 4 is 28.4 Å². The van der Waals surface area contributed by atoms with E-state index < -0.39 is 6.04 Å². The van der Waals surface area contributed by atoms with Gasteiger partial charge in [-0.3, -0.25) is 14.2 Å². The molecule has 0 aliphatic heterocycles. The second-order valence-corrected chi connectivity index (χ2v) is 9.56. The molecule has 1 unspecified atom stereocenters. The quantitative estimate of drug-likeness (QED) is 0.260. The lowest BCUT2D eigenvalue weighted by molar-refractivity contribution is 0.0656. The Labute approximate surface area is 217 Å². The molecule has 0 aliphatic carbocycles. The molecule has 0 aliphatic rings. The molecule has 186 valence electrons. The van der Waals surface area contributed by atoms with Gasteiger partial charge in [0.15, 0.2) is 0 Å². The molecule has 1 heterocycles. The van der Waals surface area contributed by atoms with Crippen LogP contribution in [0.4, 0.5) is 0 Å². The molecule has 0 fully saturated rings. The Morgan fingerprint density at radius 1 is 1.00 bits per heavy atom. The van der Waals surface area contributed by atoms with Crippen LogP contribution in [0.25, 0.3) is 16.6 Å². The van der Waals surface area contributed by atoms with Gasteiger partial charge in [-0.25, -0.2) is 4.98 Å². The fourth-order valence-corrected chi connectivity index (χ4v) is 4.76. The van der Waals surface area contributed by atoms with Crippen molar-refractivity contribution in [2.75, 3.05) is 6.54 Å². The van der Waals surface area contributed by atoms with Crippen LogP contribution in [0.5, 0.6) is 0 Å². The summed E-state index contributed by atoms with van der Waals surface area (Å²) in [6, 6.07) is 20.0. The fraction of sp³-hybridized carbons (Fsp3) is 0.300. The van der Waals surface area contributed by atoms with Crippen molar-refractivity contribution in [2.24, 2.45) is 0 Å². The number of amides is 1. The van der Waals surface area contributed by atoms with Crippen molar-refractivity contribution in [3.8, 4) is 5.69 Å². The first-order valence-corrected chi connectivity index (χ1v) is 12.9. The zero-order valence-electron chi connectivity index (χ0n) is 21.3. The summed E-state index contributed by atoms with van der Waals surface area (Å²) in [7, 11) is 0. The molecule has 0 bridgehead atoms. The van der Waals surface area contributed by atoms with Crippen molar-refractivity contribution in [1.29, 1.82) is 0 Å². The summed E-state index contributed by atoms with van der Waals surface area (Å²) in [5.41, 5.74) is 3.91. The number of unbranched alkanes of at least 4 members (excludes halogenated alkanes) is 1. The summed E-state index contributed by atoms with van der Waals surface area (Å²) in [4.78, 5) is 34.6. The van der Waals surface area contributed by atoms with Crippen LogP contribution >= 0.6 is 11.6 Å². The molecule has 0 saturated carbocycles. The van der Waals surface area contributed by atoms with Crippen molar-refractivity contribution in [3.05, 3.63) is 105 Å². The smallest absolute Gasteiger partial charge is 0.266 e. The second kappa shape index (κ2) is 11.1. The summed E-state index contributed by atoms with van der Waals surface area (Å²) in [6.07, 6.45) is 2.35. The number of hydrogen-bond donors (Lipinski definition) is 0. The number of nitrogens with zero attached hydrogens (tertiary/aromatic N) is 3. The number of rotatable bonds is 8. The highest BCUT2D eigenvalue weighted by Crippen LogP contribution is 2.30. The molecule has 3 aromatic carbocycles. The van der Waals surface area contributed by atoms with Crippen molar-refractivity contribution in [1.82, 2.24) is 14.5 Å². The monoisotopic (exact) mass is 501 g/mol. The summed E-state index contributed by atoms with van der Waals surface area (Å²) in [6.45, 7) is 8.73. The summed E-state index contributed by atoms with van der Waals surface area (Å²) < 4.78 is 1.68. The molecule has 1 amide bonds. The number of hydrogen-bond acceptors (Lipinski definition) is 3. The largest absolute Gasteiger partial charge is 0.328 e. The predicted molar refractivity (Wildman–Crippen MR) is 147 cm³/mol. The van der Waals surface area contributed by atoms with E-state index >= 15 is 0 Å². The maximum atomic E-state index is 13.9. The Morgan fingerprint density at radius 2 is 1.72 bits per heavy atom. The van der Waals surface area contributed by atoms with E-state index in [1.165, 1.54) is 0 Å². The molecule has 6 heteroatoms. The number of para-hydroxylation sites is 1. The van der Waals surface area contributed by atoms with E-state index in [1.54, 1.807) is 22.8 Å². The van der Waals surface area contributed by atoms with Gasteiger partial charge in [0.2, 0.25) is 0 Å². The van der Waals surface area contributed by atoms with Crippen molar-refractivity contribution < 1.29 is 4.79 Å². The molecular formula is C30H32ClN3O2. The van der Waals surface area contributed by atoms with Gasteiger partial charge in [0.25, 0.3) is 11.5 Å². The molecule has 36 heavy (non-hydrogen) atoms. The number of aryl methyl sites for hydroxylation is 2. The molecule has 1 atom stereocenters. The number of carbonyl (C=O) groups excluding carboxylic acids is 1. The van der Waals surface area contributed by atoms with E-state index in [9.17, 15) is 9.59 Å². The van der Waals surface area contributed by atoms with Crippen LogP contribution in [0.15, 0.2) is 71.5 Å². The molecule has 0 radical (unpaired) electrons. The zero-order chi connectivity index (χ0) is 25.8. The molecule has 0 saturated heterocycles. The number of aromatic nitrogens is 2. The third kappa shape index (κ3) is 4.93. The van der Waals surface area contributed by atoms with Crippen LogP contribution in [0.1, 0.15) is 66.5 Å². The van der Waals surface area contributed by atoms with Gasteiger partial charge in [-0.05, 0) is 74.2 Å². The van der Waals surface area contributed by atoms with Crippen LogP contribution in [-0.2, 0) is 0 Å². The Balaban J connectivity index is 1.97. The minimum atomic E-state index is -0.417. The fourth-order valence-electron chi connectivity index (χ4n) is 4.55. The summed E-state index contributed by atoms with van der Waals surface area (Å²) in [5.74, 6) is 0.399. The number of carbonyl (C=O) groups is 1. The highest BCUT2D eigenvalue weighted by molar-refractivity contribution is 6.33. The van der Waals surface area contributed by atoms with Crippen LogP contribution in [0.3, 0.4) is 0 Å². The van der Waals surface area contributed by atoms with Crippen LogP contribution in [-0.4, -0.2) is 26.9 Å². The highest BCUT2D eigenvalue weighted by atomic mass is 35.5. The van der Waals surface area contributed by atoms with Gasteiger partial charge in [-0.1, -0.05) is 62.2 Å². The Bertz CT molecular complexity index is 1460. The van der Waals surface area contributed by atoms with Gasteiger partial charge in [0.1, 0.15) is 5.82 Å². The van der Waals surface area contributed by atoms with E-state index in [0.29, 0.717) is 40.3 Å². The Kier molecular flexibility index (Phi) is 7.90. The van der Waals surface area contributed by atoms with Gasteiger partial charge >= 0.3 is 0 Å². The zero-order valence-corrected chi connectivity index (χ0v) is 22.0. The van der Waals surface area contributed by atoms with Gasteiger partial charge in [-0.15, -0.1) is 0 Å². The van der Waals surface area contributed by atoms with Crippen LogP contribution < -0.4 is 5.56 Å². The third-order valence-corrected chi connectivity index (χ3v) is 7.06. The van der Waals surface area contributed by atoms with E-state index in [2.05, 4.69) is 6.92 Å². The standard InChI is InChI=1S/C30H32ClN3O2/c1-5-7-18-33(29(35)23-12-8-10-14-25(23)31)27(6-2)28-32-26-15-11-9-13-24(26)30(36)34(28)22-17-16-20(3)21(4)19-22/h8-17,19,27H,5-7,18H2,1-4H3. The van der Waals surface area contributed by atoms with Crippen LogP contribution in [0, 0.1) is 13.8 Å². The van der Waals surface area contributed by atoms with Gasteiger partial charge < -0.3 is 4.90 Å². The summed E-state index contributed by atoms with van der Waals surface area (Å²) >= 11 is 6.44. The maximum Gasteiger partial charge on any atom is 0.266 e.